The van der Waals surface area contributed by atoms with Crippen molar-refractivity contribution in [3.05, 3.63) is 50.6 Å². The first-order valence-electron chi connectivity index (χ1n) is 7.63. The quantitative estimate of drug-likeness (QED) is 0.846. The second-order valence-corrected chi connectivity index (χ2v) is 7.42. The van der Waals surface area contributed by atoms with Gasteiger partial charge in [0.05, 0.1) is 14.9 Å². The van der Waals surface area contributed by atoms with E-state index in [9.17, 15) is 9.59 Å². The van der Waals surface area contributed by atoms with Gasteiger partial charge in [-0.05, 0) is 42.5 Å². The molecule has 2 heterocycles. The van der Waals surface area contributed by atoms with Crippen molar-refractivity contribution in [1.29, 1.82) is 0 Å². The molecule has 1 aliphatic heterocycles. The second-order valence-electron chi connectivity index (χ2n) is 5.66. The van der Waals surface area contributed by atoms with Gasteiger partial charge in [0, 0.05) is 24.7 Å². The van der Waals surface area contributed by atoms with Crippen LogP contribution in [0.15, 0.2) is 35.7 Å². The number of likely N-dealkylation sites (tertiary alicyclic amines) is 1. The van der Waals surface area contributed by atoms with Gasteiger partial charge < -0.3 is 10.2 Å². The lowest BCUT2D eigenvalue weighted by molar-refractivity contribution is -0.121. The Balaban J connectivity index is 1.55. The van der Waals surface area contributed by atoms with Crippen molar-refractivity contribution >= 4 is 52.0 Å². The number of piperidine rings is 1. The van der Waals surface area contributed by atoms with Crippen LogP contribution < -0.4 is 5.32 Å². The van der Waals surface area contributed by atoms with Crippen molar-refractivity contribution in [3.8, 4) is 0 Å². The number of amides is 2. The first-order valence-corrected chi connectivity index (χ1v) is 9.27. The zero-order valence-corrected chi connectivity index (χ0v) is 15.1. The molecule has 0 atom stereocenters. The fourth-order valence-electron chi connectivity index (χ4n) is 2.72. The van der Waals surface area contributed by atoms with Crippen LogP contribution >= 0.6 is 34.5 Å². The highest BCUT2D eigenvalue weighted by Gasteiger charge is 2.28. The average Bonchev–Trinajstić information content (AvgIpc) is 3.12. The van der Waals surface area contributed by atoms with Crippen molar-refractivity contribution in [2.24, 2.45) is 5.92 Å². The summed E-state index contributed by atoms with van der Waals surface area (Å²) in [5.41, 5.74) is 0.631. The number of carbonyl (C=O) groups excluding carboxylic acids is 2. The maximum absolute atomic E-state index is 12.4. The molecule has 126 valence electrons. The number of thiophene rings is 1. The normalized spacial score (nSPS) is 15.3. The van der Waals surface area contributed by atoms with Gasteiger partial charge in [-0.3, -0.25) is 9.59 Å². The lowest BCUT2D eigenvalue weighted by Crippen LogP contribution is -2.41. The first-order chi connectivity index (χ1) is 11.5. The Morgan fingerprint density at radius 1 is 1.12 bits per heavy atom. The van der Waals surface area contributed by atoms with Gasteiger partial charge in [-0.2, -0.15) is 0 Å². The van der Waals surface area contributed by atoms with Gasteiger partial charge in [0.2, 0.25) is 5.91 Å². The Morgan fingerprint density at radius 3 is 2.50 bits per heavy atom. The number of benzene rings is 1. The average molecular weight is 383 g/mol. The predicted molar refractivity (Wildman–Crippen MR) is 98.0 cm³/mol. The molecule has 3 rings (SSSR count). The van der Waals surface area contributed by atoms with Crippen LogP contribution in [0.2, 0.25) is 10.0 Å². The van der Waals surface area contributed by atoms with Crippen molar-refractivity contribution in [3.63, 3.8) is 0 Å². The number of carbonyl (C=O) groups is 2. The molecule has 1 saturated heterocycles. The lowest BCUT2D eigenvalue weighted by Gasteiger charge is -2.31. The summed E-state index contributed by atoms with van der Waals surface area (Å²) in [5, 5.41) is 5.62. The maximum Gasteiger partial charge on any atom is 0.263 e. The zero-order chi connectivity index (χ0) is 17.1. The third-order valence-electron chi connectivity index (χ3n) is 4.07. The SMILES string of the molecule is O=C(Nc1ccc(Cl)c(Cl)c1)C1CCN(C(=O)c2cccs2)CC1. The molecule has 1 aromatic carbocycles. The van der Waals surface area contributed by atoms with Crippen molar-refractivity contribution in [2.75, 3.05) is 18.4 Å². The predicted octanol–water partition coefficient (Wildman–Crippen LogP) is 4.55. The Hall–Kier alpha value is -1.56. The van der Waals surface area contributed by atoms with Gasteiger partial charge in [0.15, 0.2) is 0 Å². The van der Waals surface area contributed by atoms with Crippen molar-refractivity contribution in [1.82, 2.24) is 4.90 Å². The summed E-state index contributed by atoms with van der Waals surface area (Å²) in [6, 6.07) is 8.71. The smallest absolute Gasteiger partial charge is 0.263 e. The molecule has 0 spiro atoms. The Kier molecular flexibility index (Phi) is 5.43. The van der Waals surface area contributed by atoms with E-state index in [0.717, 1.165) is 4.88 Å². The molecule has 4 nitrogen and oxygen atoms in total. The molecule has 1 N–H and O–H groups in total. The summed E-state index contributed by atoms with van der Waals surface area (Å²) in [6.45, 7) is 1.19. The number of nitrogens with one attached hydrogen (secondary N) is 1. The third kappa shape index (κ3) is 3.91. The van der Waals surface area contributed by atoms with Crippen LogP contribution in [-0.2, 0) is 4.79 Å². The molecule has 24 heavy (non-hydrogen) atoms. The molecule has 2 amide bonds. The summed E-state index contributed by atoms with van der Waals surface area (Å²) >= 11 is 13.3. The number of rotatable bonds is 3. The molecule has 0 aliphatic carbocycles. The summed E-state index contributed by atoms with van der Waals surface area (Å²) in [5.74, 6) is -0.100. The van der Waals surface area contributed by atoms with E-state index in [4.69, 9.17) is 23.2 Å². The van der Waals surface area contributed by atoms with E-state index in [1.54, 1.807) is 18.2 Å². The number of hydrogen-bond donors (Lipinski definition) is 1. The minimum Gasteiger partial charge on any atom is -0.338 e. The molecule has 7 heteroatoms. The van der Waals surface area contributed by atoms with Crippen molar-refractivity contribution < 1.29 is 9.59 Å². The van der Waals surface area contributed by atoms with Crippen molar-refractivity contribution in [2.45, 2.75) is 12.8 Å². The van der Waals surface area contributed by atoms with Crippen LogP contribution in [0.1, 0.15) is 22.5 Å². The van der Waals surface area contributed by atoms with Crippen LogP contribution in [0, 0.1) is 5.92 Å². The van der Waals surface area contributed by atoms with Gasteiger partial charge >= 0.3 is 0 Å². The number of halogens is 2. The minimum absolute atomic E-state index is 0.0448. The number of hydrogen-bond acceptors (Lipinski definition) is 3. The molecule has 1 aromatic heterocycles. The molecule has 0 bridgehead atoms. The standard InChI is InChI=1S/C17H16Cl2N2O2S/c18-13-4-3-12(10-14(13)19)20-16(22)11-5-7-21(8-6-11)17(23)15-2-1-9-24-15/h1-4,9-11H,5-8H2,(H,20,22). The number of anilines is 1. The topological polar surface area (TPSA) is 49.4 Å². The molecule has 0 saturated carbocycles. The van der Waals surface area contributed by atoms with E-state index in [-0.39, 0.29) is 17.7 Å². The van der Waals surface area contributed by atoms with Gasteiger partial charge in [-0.15, -0.1) is 11.3 Å². The highest BCUT2D eigenvalue weighted by molar-refractivity contribution is 7.12. The van der Waals surface area contributed by atoms with Gasteiger partial charge in [0.1, 0.15) is 0 Å². The van der Waals surface area contributed by atoms with Crippen LogP contribution in [0.3, 0.4) is 0 Å². The highest BCUT2D eigenvalue weighted by atomic mass is 35.5. The van der Waals surface area contributed by atoms with E-state index in [2.05, 4.69) is 5.32 Å². The number of nitrogens with zero attached hydrogens (tertiary/aromatic N) is 1. The van der Waals surface area contributed by atoms with E-state index in [1.165, 1.54) is 11.3 Å². The second kappa shape index (κ2) is 7.55. The minimum atomic E-state index is -0.105. The van der Waals surface area contributed by atoms with Gasteiger partial charge in [-0.1, -0.05) is 29.3 Å². The van der Waals surface area contributed by atoms with Gasteiger partial charge in [0.25, 0.3) is 5.91 Å². The van der Waals surface area contributed by atoms with E-state index in [0.29, 0.717) is 41.7 Å². The largest absolute Gasteiger partial charge is 0.338 e. The van der Waals surface area contributed by atoms with E-state index >= 15 is 0 Å². The fourth-order valence-corrected chi connectivity index (χ4v) is 3.71. The Bertz CT molecular complexity index is 741. The molecular weight excluding hydrogens is 367 g/mol. The zero-order valence-electron chi connectivity index (χ0n) is 12.8. The van der Waals surface area contributed by atoms with Crippen LogP contribution in [0.5, 0.6) is 0 Å². The summed E-state index contributed by atoms with van der Waals surface area (Å²) in [7, 11) is 0. The van der Waals surface area contributed by atoms with Crippen LogP contribution in [0.4, 0.5) is 5.69 Å². The third-order valence-corrected chi connectivity index (χ3v) is 5.67. The molecule has 1 aliphatic rings. The summed E-state index contributed by atoms with van der Waals surface area (Å²) < 4.78 is 0. The molecule has 0 unspecified atom stereocenters. The maximum atomic E-state index is 12.4. The lowest BCUT2D eigenvalue weighted by atomic mass is 9.95. The van der Waals surface area contributed by atoms with E-state index < -0.39 is 0 Å². The Labute approximate surface area is 154 Å². The molecule has 0 radical (unpaired) electrons. The summed E-state index contributed by atoms with van der Waals surface area (Å²) in [6.07, 6.45) is 1.31. The highest BCUT2D eigenvalue weighted by Crippen LogP contribution is 2.26. The monoisotopic (exact) mass is 382 g/mol. The summed E-state index contributed by atoms with van der Waals surface area (Å²) in [4.78, 5) is 27.2. The first kappa shape index (κ1) is 17.3. The molecule has 2 aromatic rings. The van der Waals surface area contributed by atoms with Gasteiger partial charge in [-0.25, -0.2) is 0 Å². The van der Waals surface area contributed by atoms with Crippen LogP contribution in [-0.4, -0.2) is 29.8 Å². The fraction of sp³-hybridized carbons (Fsp3) is 0.294. The van der Waals surface area contributed by atoms with Crippen LogP contribution in [0.25, 0.3) is 0 Å². The molecule has 1 fully saturated rings. The molecular formula is C17H16Cl2N2O2S. The Morgan fingerprint density at radius 2 is 1.88 bits per heavy atom. The van der Waals surface area contributed by atoms with E-state index in [1.807, 2.05) is 22.4 Å².